The summed E-state index contributed by atoms with van der Waals surface area (Å²) in [5, 5.41) is 5.88. The average Bonchev–Trinajstić information content (AvgIpc) is 3.36. The molecule has 0 aromatic heterocycles. The van der Waals surface area contributed by atoms with E-state index in [0.717, 1.165) is 16.3 Å². The summed E-state index contributed by atoms with van der Waals surface area (Å²) in [6.45, 7) is -0.180. The predicted octanol–water partition coefficient (Wildman–Crippen LogP) is 7.44. The van der Waals surface area contributed by atoms with E-state index >= 15 is 0 Å². The van der Waals surface area contributed by atoms with Gasteiger partial charge in [-0.05, 0) is 53.0 Å². The van der Waals surface area contributed by atoms with Gasteiger partial charge in [0, 0.05) is 29.1 Å². The van der Waals surface area contributed by atoms with Crippen molar-refractivity contribution >= 4 is 61.2 Å². The maximum atomic E-state index is 13.9. The molecule has 2 heterocycles. The molecule has 0 spiro atoms. The van der Waals surface area contributed by atoms with E-state index in [2.05, 4.69) is 26.4 Å². The number of hydrogen-bond donors (Lipinski definition) is 1. The first-order chi connectivity index (χ1) is 20.6. The van der Waals surface area contributed by atoms with Crippen LogP contribution in [0.1, 0.15) is 36.0 Å². The van der Waals surface area contributed by atoms with Gasteiger partial charge in [0.2, 0.25) is 0 Å². The fraction of sp³-hybridized carbons (Fsp3) is 0.267. The Hall–Kier alpha value is -3.90. The summed E-state index contributed by atoms with van der Waals surface area (Å²) in [6.07, 6.45) is -4.18. The summed E-state index contributed by atoms with van der Waals surface area (Å²) in [7, 11) is 0. The topological polar surface area (TPSA) is 92.6 Å². The zero-order valence-corrected chi connectivity index (χ0v) is 24.8. The van der Waals surface area contributed by atoms with Gasteiger partial charge in [-0.2, -0.15) is 13.2 Å². The largest absolute Gasteiger partial charge is 0.446 e. The average molecular weight is 678 g/mol. The Morgan fingerprint density at radius 3 is 2.58 bits per heavy atom. The van der Waals surface area contributed by atoms with Gasteiger partial charge in [-0.15, -0.1) is 0 Å². The second-order valence-corrected chi connectivity index (χ2v) is 11.2. The molecular formula is C30H25BrClF3N4O4. The molecule has 13 heteroatoms. The number of aliphatic imine (C=N–C) groups is 1. The number of halogens is 5. The lowest BCUT2D eigenvalue weighted by atomic mass is 10.00. The summed E-state index contributed by atoms with van der Waals surface area (Å²) in [4.78, 5) is 38.3. The molecule has 0 unspecified atom stereocenters. The number of anilines is 2. The molecule has 8 nitrogen and oxygen atoms in total. The molecule has 1 N–H and O–H groups in total. The number of para-hydroxylation sites is 1. The number of carbonyl (C=O) groups excluding carboxylic acids is 2. The zero-order chi connectivity index (χ0) is 30.6. The minimum Gasteiger partial charge on any atom is -0.446 e. The number of oxime groups is 1. The van der Waals surface area contributed by atoms with Gasteiger partial charge >= 0.3 is 12.3 Å². The van der Waals surface area contributed by atoms with Crippen molar-refractivity contribution in [3.05, 3.63) is 94.5 Å². The maximum Gasteiger partial charge on any atom is 0.418 e. The van der Waals surface area contributed by atoms with Crippen LogP contribution in [-0.2, 0) is 20.5 Å². The van der Waals surface area contributed by atoms with Gasteiger partial charge in [0.15, 0.2) is 6.04 Å². The van der Waals surface area contributed by atoms with E-state index in [1.54, 1.807) is 4.90 Å². The molecule has 2 aliphatic heterocycles. The lowest BCUT2D eigenvalue weighted by molar-refractivity contribution is -0.136. The summed E-state index contributed by atoms with van der Waals surface area (Å²) in [6, 6.07) is 18.4. The first kappa shape index (κ1) is 30.6. The van der Waals surface area contributed by atoms with E-state index in [9.17, 15) is 22.8 Å². The molecule has 3 aromatic carbocycles. The van der Waals surface area contributed by atoms with Crippen molar-refractivity contribution in [3.63, 3.8) is 0 Å². The molecule has 43 heavy (non-hydrogen) atoms. The third kappa shape index (κ3) is 7.37. The van der Waals surface area contributed by atoms with Crippen LogP contribution in [0.4, 0.5) is 29.3 Å². The van der Waals surface area contributed by atoms with Crippen molar-refractivity contribution in [1.82, 2.24) is 0 Å². The Kier molecular flexibility index (Phi) is 9.36. The monoisotopic (exact) mass is 676 g/mol. The third-order valence-electron chi connectivity index (χ3n) is 6.83. The Labute approximate surface area is 258 Å². The van der Waals surface area contributed by atoms with E-state index in [1.807, 2.05) is 54.6 Å². The van der Waals surface area contributed by atoms with E-state index < -0.39 is 42.1 Å². The molecule has 2 atom stereocenters. The molecule has 0 bridgehead atoms. The van der Waals surface area contributed by atoms with Crippen LogP contribution in [0.15, 0.2) is 82.9 Å². The number of alkyl halides is 3. The van der Waals surface area contributed by atoms with Gasteiger partial charge in [-0.3, -0.25) is 15.1 Å². The smallest absolute Gasteiger partial charge is 0.418 e. The molecule has 0 aliphatic carbocycles. The summed E-state index contributed by atoms with van der Waals surface area (Å²) in [5.74, 6) is -0.418. The van der Waals surface area contributed by atoms with E-state index in [0.29, 0.717) is 48.8 Å². The first-order valence-electron chi connectivity index (χ1n) is 13.3. The number of benzodiazepines with no additional fused rings is 1. The van der Waals surface area contributed by atoms with Crippen LogP contribution in [0.3, 0.4) is 0 Å². The highest BCUT2D eigenvalue weighted by Gasteiger charge is 2.36. The Bertz CT molecular complexity index is 1570. The number of benzene rings is 3. The lowest BCUT2D eigenvalue weighted by Gasteiger charge is -2.25. The van der Waals surface area contributed by atoms with Gasteiger partial charge < -0.3 is 14.5 Å². The normalized spacial score (nSPS) is 18.3. The quantitative estimate of drug-likeness (QED) is 0.268. The van der Waals surface area contributed by atoms with Crippen molar-refractivity contribution in [1.29, 1.82) is 0 Å². The minimum atomic E-state index is -4.77. The highest BCUT2D eigenvalue weighted by Crippen LogP contribution is 2.36. The zero-order valence-electron chi connectivity index (χ0n) is 22.5. The van der Waals surface area contributed by atoms with Crippen LogP contribution >= 0.6 is 27.5 Å². The Morgan fingerprint density at radius 1 is 1.12 bits per heavy atom. The van der Waals surface area contributed by atoms with Crippen molar-refractivity contribution in [2.24, 2.45) is 10.1 Å². The molecule has 224 valence electrons. The molecule has 5 rings (SSSR count). The van der Waals surface area contributed by atoms with Crippen molar-refractivity contribution in [3.8, 4) is 0 Å². The van der Waals surface area contributed by atoms with Crippen LogP contribution in [0.2, 0.25) is 5.02 Å². The number of nitrogens with zero attached hydrogens (tertiary/aromatic N) is 3. The second-order valence-electron chi connectivity index (χ2n) is 9.82. The van der Waals surface area contributed by atoms with Crippen LogP contribution in [0.5, 0.6) is 0 Å². The second kappa shape index (κ2) is 13.2. The molecule has 0 saturated heterocycles. The molecule has 3 aromatic rings. The molecule has 0 fully saturated rings. The number of ether oxygens (including phenoxy) is 1. The predicted molar refractivity (Wildman–Crippen MR) is 161 cm³/mol. The summed E-state index contributed by atoms with van der Waals surface area (Å²) in [5.41, 5.74) is 0.973. The number of nitrogens with one attached hydrogen (secondary N) is 1. The SMILES string of the molecule is O=C(Nc1ccc(Cl)cc1C(F)(F)F)OC[C@H]1N=C(c2ccccc2)c2ccccc2N(CCC[C@H]2CC(Br)=NO2)C1=O. The first-order valence-corrected chi connectivity index (χ1v) is 14.5. The Balaban J connectivity index is 1.39. The number of rotatable bonds is 8. The number of amides is 2. The third-order valence-corrected chi connectivity index (χ3v) is 7.54. The number of fused-ring (bicyclic) bond motifs is 1. The summed E-state index contributed by atoms with van der Waals surface area (Å²) >= 11 is 9.06. The van der Waals surface area contributed by atoms with Gasteiger partial charge in [0.1, 0.15) is 17.3 Å². The van der Waals surface area contributed by atoms with Crippen molar-refractivity contribution in [2.75, 3.05) is 23.4 Å². The Morgan fingerprint density at radius 2 is 1.86 bits per heavy atom. The van der Waals surface area contributed by atoms with E-state index in [-0.39, 0.29) is 11.1 Å². The standard InChI is InChI=1S/C30H25BrClF3N4O4/c31-26-16-20(43-38-26)9-6-14-39-25-11-5-4-10-21(25)27(18-7-2-1-3-8-18)36-24(28(39)40)17-42-29(41)37-23-13-12-19(32)15-22(23)30(33,34)35/h1-5,7-8,10-13,15,20,24H,6,9,14,16-17H2,(H,37,41)/t20-,24+/m0/s1. The minimum absolute atomic E-state index is 0.111. The van der Waals surface area contributed by atoms with Gasteiger partial charge in [0.25, 0.3) is 5.91 Å². The fourth-order valence-corrected chi connectivity index (χ4v) is 5.46. The molecule has 2 amide bonds. The van der Waals surface area contributed by atoms with Crippen molar-refractivity contribution < 1.29 is 32.3 Å². The lowest BCUT2D eigenvalue weighted by Crippen LogP contribution is -2.41. The van der Waals surface area contributed by atoms with Crippen LogP contribution in [0, 0.1) is 0 Å². The van der Waals surface area contributed by atoms with E-state index in [4.69, 9.17) is 26.2 Å². The van der Waals surface area contributed by atoms with Crippen LogP contribution in [-0.4, -0.2) is 47.6 Å². The van der Waals surface area contributed by atoms with Crippen LogP contribution in [0.25, 0.3) is 0 Å². The van der Waals surface area contributed by atoms with Crippen molar-refractivity contribution in [2.45, 2.75) is 37.6 Å². The molecule has 0 saturated carbocycles. The van der Waals surface area contributed by atoms with Gasteiger partial charge in [0.05, 0.1) is 22.6 Å². The number of hydrogen-bond acceptors (Lipinski definition) is 6. The highest BCUT2D eigenvalue weighted by molar-refractivity contribution is 9.18. The van der Waals surface area contributed by atoms with E-state index in [1.165, 1.54) is 6.07 Å². The van der Waals surface area contributed by atoms with Gasteiger partial charge in [-0.1, -0.05) is 65.3 Å². The highest BCUT2D eigenvalue weighted by atomic mass is 79.9. The molecule has 2 aliphatic rings. The number of carbonyl (C=O) groups is 2. The fourth-order valence-electron chi connectivity index (χ4n) is 4.84. The summed E-state index contributed by atoms with van der Waals surface area (Å²) < 4.78 is 46.6. The molecular weight excluding hydrogens is 653 g/mol. The van der Waals surface area contributed by atoms with Crippen LogP contribution < -0.4 is 10.2 Å². The van der Waals surface area contributed by atoms with Gasteiger partial charge in [-0.25, -0.2) is 4.79 Å². The maximum absolute atomic E-state index is 13.9. The molecule has 0 radical (unpaired) electrons.